The Morgan fingerprint density at radius 3 is 2.58 bits per heavy atom. The number of aliphatic carboxylic acids is 1. The third kappa shape index (κ3) is 6.89. The van der Waals surface area contributed by atoms with Gasteiger partial charge in [-0.1, -0.05) is 13.3 Å². The average Bonchev–Trinajstić information content (AvgIpc) is 3.45. The molecule has 3 aromatic heterocycles. The van der Waals surface area contributed by atoms with E-state index in [1.807, 2.05) is 6.07 Å². The number of aromatic nitrogens is 5. The van der Waals surface area contributed by atoms with Crippen LogP contribution in [0.15, 0.2) is 6.07 Å². The molecule has 1 amide bonds. The molecule has 1 aliphatic heterocycles. The van der Waals surface area contributed by atoms with Crippen molar-refractivity contribution in [2.45, 2.75) is 65.4 Å². The van der Waals surface area contributed by atoms with Crippen molar-refractivity contribution in [3.8, 4) is 6.01 Å². The molecule has 4 heterocycles. The van der Waals surface area contributed by atoms with Crippen LogP contribution in [0, 0.1) is 0 Å². The predicted molar refractivity (Wildman–Crippen MR) is 138 cm³/mol. The molecule has 0 saturated carbocycles. The largest absolute Gasteiger partial charge is 0.480 e. The van der Waals surface area contributed by atoms with Crippen molar-refractivity contribution in [2.75, 3.05) is 31.1 Å². The number of amides is 1. The molecule has 0 aliphatic carbocycles. The van der Waals surface area contributed by atoms with Crippen LogP contribution < -0.4 is 9.64 Å². The topological polar surface area (TPSA) is 136 Å². The van der Waals surface area contributed by atoms with Gasteiger partial charge in [-0.3, -0.25) is 9.69 Å². The molecule has 0 spiro atoms. The smallest absolute Gasteiger partial charge is 0.451 e. The first-order valence-electron chi connectivity index (χ1n) is 12.6. The van der Waals surface area contributed by atoms with Gasteiger partial charge < -0.3 is 24.0 Å². The number of nitrogens with zero attached hydrogens (tertiary/aromatic N) is 7. The van der Waals surface area contributed by atoms with Crippen molar-refractivity contribution < 1.29 is 37.3 Å². The lowest BCUT2D eigenvalue weighted by atomic mass is 10.2. The Bertz CT molecular complexity index is 1390. The maximum Gasteiger partial charge on any atom is 0.451 e. The fourth-order valence-corrected chi connectivity index (χ4v) is 5.25. The van der Waals surface area contributed by atoms with E-state index in [-0.39, 0.29) is 44.6 Å². The molecule has 12 nitrogen and oxygen atoms in total. The first-order valence-corrected chi connectivity index (χ1v) is 13.4. The monoisotopic (exact) mass is 585 g/mol. The lowest BCUT2D eigenvalue weighted by molar-refractivity contribution is -0.147. The highest BCUT2D eigenvalue weighted by molar-refractivity contribution is 7.18. The summed E-state index contributed by atoms with van der Waals surface area (Å²) in [5, 5.41) is 17.1. The van der Waals surface area contributed by atoms with Crippen molar-refractivity contribution in [1.82, 2.24) is 29.6 Å². The van der Waals surface area contributed by atoms with E-state index in [1.54, 1.807) is 25.7 Å². The van der Waals surface area contributed by atoms with E-state index in [9.17, 15) is 27.9 Å². The maximum absolute atomic E-state index is 13.3. The number of carbonyl (C=O) groups is 2. The summed E-state index contributed by atoms with van der Waals surface area (Å²) in [6.07, 6.45) is -3.67. The highest BCUT2D eigenvalue weighted by atomic mass is 32.1. The Morgan fingerprint density at radius 1 is 1.18 bits per heavy atom. The summed E-state index contributed by atoms with van der Waals surface area (Å²) in [5.74, 6) is -1.59. The summed E-state index contributed by atoms with van der Waals surface area (Å²) in [5.41, 5.74) is -0.813. The van der Waals surface area contributed by atoms with Gasteiger partial charge in [-0.15, -0.1) is 21.5 Å². The zero-order chi connectivity index (χ0) is 29.2. The van der Waals surface area contributed by atoms with Crippen LogP contribution in [0.4, 0.5) is 23.8 Å². The minimum absolute atomic E-state index is 0.00474. The summed E-state index contributed by atoms with van der Waals surface area (Å²) in [6.45, 7) is 6.57. The van der Waals surface area contributed by atoms with Gasteiger partial charge in [0.2, 0.25) is 5.82 Å². The van der Waals surface area contributed by atoms with Crippen LogP contribution in [0.3, 0.4) is 0 Å². The lowest BCUT2D eigenvalue weighted by Gasteiger charge is -2.29. The molecule has 0 atom stereocenters. The molecule has 4 rings (SSSR count). The molecule has 0 unspecified atom stereocenters. The van der Waals surface area contributed by atoms with E-state index in [4.69, 9.17) is 9.47 Å². The van der Waals surface area contributed by atoms with Gasteiger partial charge in [0.25, 0.3) is 0 Å². The van der Waals surface area contributed by atoms with Crippen LogP contribution in [0.25, 0.3) is 10.2 Å². The molecule has 1 N–H and O–H groups in total. The molecule has 16 heteroatoms. The number of rotatable bonds is 9. The second kappa shape index (κ2) is 11.4. The molecule has 1 aliphatic rings. The van der Waals surface area contributed by atoms with Crippen molar-refractivity contribution in [3.05, 3.63) is 22.6 Å². The van der Waals surface area contributed by atoms with Crippen LogP contribution in [0.5, 0.6) is 6.01 Å². The number of ether oxygens (including phenoxy) is 2. The SMILES string of the molecule is CCCc1cc2c(N3CCn4c(nnc4C(F)(F)F)C3)nc(OCCN(CC(=O)O)C(=O)OC(C)(C)C)nc2s1. The molecule has 40 heavy (non-hydrogen) atoms. The number of carboxylic acid groups (broad SMARTS) is 1. The predicted octanol–water partition coefficient (Wildman–Crippen LogP) is 3.97. The van der Waals surface area contributed by atoms with Crippen molar-refractivity contribution in [3.63, 3.8) is 0 Å². The molecule has 3 aromatic rings. The van der Waals surface area contributed by atoms with Crippen molar-refractivity contribution in [1.29, 1.82) is 0 Å². The number of hydrogen-bond donors (Lipinski definition) is 1. The Hall–Kier alpha value is -3.69. The second-order valence-electron chi connectivity index (χ2n) is 10.2. The summed E-state index contributed by atoms with van der Waals surface area (Å²) < 4.78 is 52.0. The third-order valence-corrected chi connectivity index (χ3v) is 6.86. The maximum atomic E-state index is 13.3. The van der Waals surface area contributed by atoms with Crippen LogP contribution in [-0.4, -0.2) is 78.6 Å². The molecule has 218 valence electrons. The van der Waals surface area contributed by atoms with Gasteiger partial charge in [0, 0.05) is 18.0 Å². The Morgan fingerprint density at radius 2 is 1.93 bits per heavy atom. The summed E-state index contributed by atoms with van der Waals surface area (Å²) in [6, 6.07) is 1.97. The van der Waals surface area contributed by atoms with Gasteiger partial charge in [0.15, 0.2) is 5.82 Å². The fourth-order valence-electron chi connectivity index (χ4n) is 4.13. The lowest BCUT2D eigenvalue weighted by Crippen LogP contribution is -2.42. The highest BCUT2D eigenvalue weighted by Crippen LogP contribution is 2.36. The number of anilines is 1. The third-order valence-electron chi connectivity index (χ3n) is 5.78. The van der Waals surface area contributed by atoms with Gasteiger partial charge in [-0.2, -0.15) is 23.1 Å². The molecule has 0 saturated heterocycles. The second-order valence-corrected chi connectivity index (χ2v) is 11.3. The van der Waals surface area contributed by atoms with E-state index in [1.165, 1.54) is 11.3 Å². The number of carboxylic acids is 1. The normalized spacial score (nSPS) is 13.8. The quantitative estimate of drug-likeness (QED) is 0.393. The van der Waals surface area contributed by atoms with Crippen LogP contribution >= 0.6 is 11.3 Å². The zero-order valence-corrected chi connectivity index (χ0v) is 23.3. The van der Waals surface area contributed by atoms with Crippen molar-refractivity contribution >= 4 is 39.4 Å². The van der Waals surface area contributed by atoms with E-state index in [0.717, 1.165) is 32.6 Å². The number of aryl methyl sites for hydroxylation is 1. The summed E-state index contributed by atoms with van der Waals surface area (Å²) in [4.78, 5) is 37.3. The number of halogens is 3. The molecular weight excluding hydrogens is 555 g/mol. The van der Waals surface area contributed by atoms with Crippen LogP contribution in [-0.2, 0) is 35.2 Å². The number of thiophene rings is 1. The van der Waals surface area contributed by atoms with Gasteiger partial charge in [0.1, 0.15) is 29.4 Å². The Kier molecular flexibility index (Phi) is 8.37. The molecule has 0 bridgehead atoms. The van der Waals surface area contributed by atoms with E-state index in [2.05, 4.69) is 27.1 Å². The van der Waals surface area contributed by atoms with Crippen LogP contribution in [0.2, 0.25) is 0 Å². The number of hydrogen-bond acceptors (Lipinski definition) is 10. The number of carbonyl (C=O) groups excluding carboxylic acids is 1. The van der Waals surface area contributed by atoms with E-state index >= 15 is 0 Å². The summed E-state index contributed by atoms with van der Waals surface area (Å²) >= 11 is 1.46. The van der Waals surface area contributed by atoms with Gasteiger partial charge in [-0.05, 0) is 33.3 Å². The average molecular weight is 586 g/mol. The molecule has 0 aromatic carbocycles. The standard InChI is InChI=1S/C24H30F3N7O5S/c1-5-6-14-11-15-18(32-7-8-34-16(12-32)30-31-20(34)24(25,26)27)28-21(29-19(15)40-14)38-10-9-33(13-17(35)36)22(37)39-23(2,3)4/h11H,5-10,12-13H2,1-4H3,(H,35,36). The van der Waals surface area contributed by atoms with Crippen LogP contribution in [0.1, 0.15) is 50.6 Å². The zero-order valence-electron chi connectivity index (χ0n) is 22.5. The van der Waals surface area contributed by atoms with E-state index < -0.39 is 36.2 Å². The number of fused-ring (bicyclic) bond motifs is 2. The molecular formula is C24H30F3N7O5S. The van der Waals surface area contributed by atoms with Gasteiger partial charge in [0.05, 0.1) is 18.5 Å². The van der Waals surface area contributed by atoms with Gasteiger partial charge in [-0.25, -0.2) is 4.79 Å². The highest BCUT2D eigenvalue weighted by Gasteiger charge is 2.40. The first kappa shape index (κ1) is 29.3. The minimum Gasteiger partial charge on any atom is -0.480 e. The van der Waals surface area contributed by atoms with Crippen molar-refractivity contribution in [2.24, 2.45) is 0 Å². The number of alkyl halides is 3. The Labute approximate surface area is 231 Å². The Balaban J connectivity index is 1.57. The minimum atomic E-state index is -4.60. The van der Waals surface area contributed by atoms with E-state index in [0.29, 0.717) is 10.6 Å². The fraction of sp³-hybridized carbons (Fsp3) is 0.583. The molecule has 0 fully saturated rings. The summed E-state index contributed by atoms with van der Waals surface area (Å²) in [7, 11) is 0. The first-order chi connectivity index (χ1) is 18.7. The van der Waals surface area contributed by atoms with Gasteiger partial charge >= 0.3 is 24.2 Å². The molecule has 0 radical (unpaired) electrons.